The van der Waals surface area contributed by atoms with Gasteiger partial charge >= 0.3 is 0 Å². The van der Waals surface area contributed by atoms with E-state index in [-0.39, 0.29) is 5.91 Å². The van der Waals surface area contributed by atoms with Crippen molar-refractivity contribution in [2.45, 2.75) is 20.4 Å². The van der Waals surface area contributed by atoms with E-state index >= 15 is 0 Å². The number of rotatable bonds is 6. The number of carbonyl (C=O) groups is 1. The van der Waals surface area contributed by atoms with Gasteiger partial charge in [-0.15, -0.1) is 11.3 Å². The van der Waals surface area contributed by atoms with E-state index in [4.69, 9.17) is 0 Å². The van der Waals surface area contributed by atoms with Crippen LogP contribution in [0.4, 0.5) is 0 Å². The van der Waals surface area contributed by atoms with Crippen LogP contribution in [0.15, 0.2) is 72.4 Å². The van der Waals surface area contributed by atoms with Crippen molar-refractivity contribution in [3.63, 3.8) is 0 Å². The second-order valence-corrected chi connectivity index (χ2v) is 7.85. The Balaban J connectivity index is 1.40. The lowest BCUT2D eigenvalue weighted by Crippen LogP contribution is -2.20. The van der Waals surface area contributed by atoms with E-state index < -0.39 is 0 Å². The molecule has 1 amide bonds. The van der Waals surface area contributed by atoms with Crippen molar-refractivity contribution < 1.29 is 4.79 Å². The van der Waals surface area contributed by atoms with Gasteiger partial charge in [0.2, 0.25) is 5.91 Å². The summed E-state index contributed by atoms with van der Waals surface area (Å²) in [5.41, 5.74) is 6.30. The average molecular weight is 415 g/mol. The molecular weight excluding hydrogens is 392 g/mol. The van der Waals surface area contributed by atoms with Gasteiger partial charge in [0.05, 0.1) is 12.2 Å². The molecule has 0 saturated heterocycles. The number of benzene rings is 1. The summed E-state index contributed by atoms with van der Waals surface area (Å²) in [5, 5.41) is 5.77. The van der Waals surface area contributed by atoms with Crippen LogP contribution in [0.25, 0.3) is 23.0 Å². The molecule has 4 rings (SSSR count). The fourth-order valence-corrected chi connectivity index (χ4v) is 4.11. The highest BCUT2D eigenvalue weighted by molar-refractivity contribution is 7.09. The molecule has 0 aliphatic carbocycles. The Kier molecular flexibility index (Phi) is 5.86. The molecule has 3 heterocycles. The van der Waals surface area contributed by atoms with Crippen LogP contribution < -0.4 is 5.32 Å². The van der Waals surface area contributed by atoms with Crippen molar-refractivity contribution in [2.75, 3.05) is 0 Å². The van der Waals surface area contributed by atoms with E-state index in [1.54, 1.807) is 18.5 Å². The Bertz CT molecular complexity index is 1180. The zero-order chi connectivity index (χ0) is 20.9. The van der Waals surface area contributed by atoms with E-state index in [9.17, 15) is 4.79 Å². The molecule has 0 aliphatic rings. The monoisotopic (exact) mass is 414 g/mol. The second-order valence-electron chi connectivity index (χ2n) is 6.91. The molecule has 4 aromatic rings. The van der Waals surface area contributed by atoms with Crippen LogP contribution in [0.3, 0.4) is 0 Å². The smallest absolute Gasteiger partial charge is 0.244 e. The standard InChI is InChI=1S/C24H22N4OS/c1-17-14-20(18(2)28(17)21-6-4-3-5-7-21)8-9-23(29)26-15-24-27-22(16-30-24)19-10-12-25-13-11-19/h3-14,16H,15H2,1-2H3,(H,26,29)/b9-8+. The highest BCUT2D eigenvalue weighted by Crippen LogP contribution is 2.22. The number of para-hydroxylation sites is 1. The molecule has 0 saturated carbocycles. The largest absolute Gasteiger partial charge is 0.346 e. The molecule has 0 fully saturated rings. The van der Waals surface area contributed by atoms with Gasteiger partial charge in [0.15, 0.2) is 0 Å². The molecule has 30 heavy (non-hydrogen) atoms. The van der Waals surface area contributed by atoms with Gasteiger partial charge in [-0.1, -0.05) is 18.2 Å². The predicted octanol–water partition coefficient (Wildman–Crippen LogP) is 4.94. The number of carbonyl (C=O) groups excluding carboxylic acids is 1. The van der Waals surface area contributed by atoms with Gasteiger partial charge in [0.25, 0.3) is 0 Å². The molecule has 1 aromatic carbocycles. The van der Waals surface area contributed by atoms with Crippen LogP contribution in [0.2, 0.25) is 0 Å². The minimum absolute atomic E-state index is 0.139. The van der Waals surface area contributed by atoms with Crippen LogP contribution in [-0.2, 0) is 11.3 Å². The first-order valence-corrected chi connectivity index (χ1v) is 10.5. The van der Waals surface area contributed by atoms with Gasteiger partial charge < -0.3 is 9.88 Å². The molecule has 0 atom stereocenters. The predicted molar refractivity (Wildman–Crippen MR) is 121 cm³/mol. The summed E-state index contributed by atoms with van der Waals surface area (Å²) in [4.78, 5) is 20.9. The molecule has 0 aliphatic heterocycles. The first-order chi connectivity index (χ1) is 14.6. The van der Waals surface area contributed by atoms with E-state index in [0.717, 1.165) is 38.9 Å². The maximum atomic E-state index is 12.3. The van der Waals surface area contributed by atoms with Crippen LogP contribution in [0, 0.1) is 13.8 Å². The molecule has 5 nitrogen and oxygen atoms in total. The Hall–Kier alpha value is -3.51. The summed E-state index contributed by atoms with van der Waals surface area (Å²) in [6.45, 7) is 4.54. The van der Waals surface area contributed by atoms with Crippen molar-refractivity contribution in [2.24, 2.45) is 0 Å². The van der Waals surface area contributed by atoms with E-state index in [0.29, 0.717) is 6.54 Å². The average Bonchev–Trinajstić information content (AvgIpc) is 3.36. The van der Waals surface area contributed by atoms with Gasteiger partial charge in [-0.2, -0.15) is 0 Å². The number of hydrogen-bond donors (Lipinski definition) is 1. The SMILES string of the molecule is Cc1cc(/C=C/C(=O)NCc2nc(-c3ccncc3)cs2)c(C)n1-c1ccccc1. The fourth-order valence-electron chi connectivity index (χ4n) is 3.37. The first kappa shape index (κ1) is 19.8. The summed E-state index contributed by atoms with van der Waals surface area (Å²) in [6, 6.07) is 16.1. The molecule has 3 aromatic heterocycles. The second kappa shape index (κ2) is 8.88. The summed E-state index contributed by atoms with van der Waals surface area (Å²) >= 11 is 1.53. The molecule has 150 valence electrons. The molecule has 1 N–H and O–H groups in total. The minimum Gasteiger partial charge on any atom is -0.346 e. The Morgan fingerprint density at radius 2 is 1.90 bits per heavy atom. The third kappa shape index (κ3) is 4.39. The molecule has 0 radical (unpaired) electrons. The first-order valence-electron chi connectivity index (χ1n) is 9.67. The molecular formula is C24H22N4OS. The summed E-state index contributed by atoms with van der Waals surface area (Å²) in [7, 11) is 0. The highest BCUT2D eigenvalue weighted by atomic mass is 32.1. The summed E-state index contributed by atoms with van der Waals surface area (Å²) < 4.78 is 2.19. The lowest BCUT2D eigenvalue weighted by Gasteiger charge is -2.09. The fraction of sp³-hybridized carbons (Fsp3) is 0.125. The van der Waals surface area contributed by atoms with Gasteiger partial charge in [0.1, 0.15) is 5.01 Å². The van der Waals surface area contributed by atoms with Crippen molar-refractivity contribution in [3.8, 4) is 16.9 Å². The highest BCUT2D eigenvalue weighted by Gasteiger charge is 2.09. The van der Waals surface area contributed by atoms with E-state index in [2.05, 4.69) is 51.9 Å². The Labute approximate surface area is 179 Å². The summed E-state index contributed by atoms with van der Waals surface area (Å²) in [5.74, 6) is -0.139. The molecule has 0 bridgehead atoms. The number of aromatic nitrogens is 3. The van der Waals surface area contributed by atoms with Gasteiger partial charge in [-0.25, -0.2) is 4.98 Å². The number of hydrogen-bond acceptors (Lipinski definition) is 4. The van der Waals surface area contributed by atoms with Crippen LogP contribution in [0.5, 0.6) is 0 Å². The van der Waals surface area contributed by atoms with Crippen molar-refractivity contribution >= 4 is 23.3 Å². The topological polar surface area (TPSA) is 59.8 Å². The number of pyridine rings is 1. The van der Waals surface area contributed by atoms with E-state index in [1.807, 2.05) is 41.8 Å². The van der Waals surface area contributed by atoms with Crippen molar-refractivity contribution in [3.05, 3.63) is 94.3 Å². The Morgan fingerprint density at radius 3 is 2.67 bits per heavy atom. The zero-order valence-corrected chi connectivity index (χ0v) is 17.7. The van der Waals surface area contributed by atoms with Gasteiger partial charge in [-0.3, -0.25) is 9.78 Å². The van der Waals surface area contributed by atoms with Crippen molar-refractivity contribution in [1.29, 1.82) is 0 Å². The quantitative estimate of drug-likeness (QED) is 0.455. The number of aryl methyl sites for hydroxylation is 1. The molecule has 0 unspecified atom stereocenters. The third-order valence-corrected chi connectivity index (χ3v) is 5.69. The van der Waals surface area contributed by atoms with Crippen LogP contribution in [-0.4, -0.2) is 20.4 Å². The van der Waals surface area contributed by atoms with Crippen LogP contribution in [0.1, 0.15) is 22.0 Å². The number of nitrogens with one attached hydrogen (secondary N) is 1. The lowest BCUT2D eigenvalue weighted by molar-refractivity contribution is -0.116. The third-order valence-electron chi connectivity index (χ3n) is 4.84. The van der Waals surface area contributed by atoms with Gasteiger partial charge in [-0.05, 0) is 55.8 Å². The normalized spacial score (nSPS) is 11.1. The molecule has 6 heteroatoms. The Morgan fingerprint density at radius 1 is 1.13 bits per heavy atom. The maximum Gasteiger partial charge on any atom is 0.244 e. The minimum atomic E-state index is -0.139. The number of thiazole rings is 1. The van der Waals surface area contributed by atoms with E-state index in [1.165, 1.54) is 11.3 Å². The van der Waals surface area contributed by atoms with Crippen LogP contribution >= 0.6 is 11.3 Å². The lowest BCUT2D eigenvalue weighted by atomic mass is 10.2. The van der Waals surface area contributed by atoms with Gasteiger partial charge in [0, 0.05) is 46.5 Å². The van der Waals surface area contributed by atoms with Crippen molar-refractivity contribution in [1.82, 2.24) is 19.9 Å². The number of amides is 1. The molecule has 0 spiro atoms. The number of nitrogens with zero attached hydrogens (tertiary/aromatic N) is 3. The zero-order valence-electron chi connectivity index (χ0n) is 16.9. The maximum absolute atomic E-state index is 12.3. The summed E-state index contributed by atoms with van der Waals surface area (Å²) in [6.07, 6.45) is 6.93.